The highest BCUT2D eigenvalue weighted by molar-refractivity contribution is 5.76. The van der Waals surface area contributed by atoms with Gasteiger partial charge >= 0.3 is 12.1 Å². The Balaban J connectivity index is 0.00000216. The van der Waals surface area contributed by atoms with Crippen molar-refractivity contribution in [1.82, 2.24) is 5.16 Å². The molecule has 2 N–H and O–H groups in total. The molecule has 3 aromatic carbocycles. The van der Waals surface area contributed by atoms with E-state index in [1.807, 2.05) is 76.2 Å². The van der Waals surface area contributed by atoms with Gasteiger partial charge in [-0.3, -0.25) is 4.79 Å². The van der Waals surface area contributed by atoms with Gasteiger partial charge in [-0.15, -0.1) is 0 Å². The van der Waals surface area contributed by atoms with Crippen LogP contribution in [0.2, 0.25) is 0 Å². The Bertz CT molecular complexity index is 1380. The largest absolute Gasteiger partial charge is 0.481 e. The molecule has 0 aliphatic heterocycles. The fourth-order valence-corrected chi connectivity index (χ4v) is 4.27. The number of carbonyl (C=O) groups is 1. The monoisotopic (exact) mass is 552 g/mol. The van der Waals surface area contributed by atoms with E-state index in [0.29, 0.717) is 36.3 Å². The predicted octanol–water partition coefficient (Wildman–Crippen LogP) is 8.81. The fraction of sp³-hybridized carbons (Fsp3) is 0.312. The summed E-state index contributed by atoms with van der Waals surface area (Å²) in [5.41, 5.74) is 5.32. The maximum absolute atomic E-state index is 13.0. The lowest BCUT2D eigenvalue weighted by atomic mass is 10.00. The third kappa shape index (κ3) is 8.21. The summed E-state index contributed by atoms with van der Waals surface area (Å²) in [5, 5.41) is 16.4. The number of hydrogen-bond acceptors (Lipinski definition) is 4. The van der Waals surface area contributed by atoms with E-state index in [0.717, 1.165) is 34.0 Å². The smallest absolute Gasteiger partial charge is 0.416 e. The number of benzene rings is 3. The van der Waals surface area contributed by atoms with Gasteiger partial charge in [-0.25, -0.2) is 0 Å². The molecule has 1 heterocycles. The van der Waals surface area contributed by atoms with Gasteiger partial charge in [0.15, 0.2) is 5.76 Å². The molecule has 4 rings (SSSR count). The molecule has 212 valence electrons. The van der Waals surface area contributed by atoms with Crippen LogP contribution in [0.25, 0.3) is 22.5 Å². The number of aryl methyl sites for hydroxylation is 3. The van der Waals surface area contributed by atoms with Gasteiger partial charge in [-0.2, -0.15) is 13.2 Å². The molecule has 0 aliphatic carbocycles. The van der Waals surface area contributed by atoms with Crippen LogP contribution in [0.3, 0.4) is 0 Å². The zero-order valence-corrected chi connectivity index (χ0v) is 23.2. The van der Waals surface area contributed by atoms with E-state index in [1.165, 1.54) is 12.1 Å². The number of nitrogens with zero attached hydrogens (tertiary/aromatic N) is 1. The van der Waals surface area contributed by atoms with Gasteiger partial charge in [-0.05, 0) is 61.4 Å². The van der Waals surface area contributed by atoms with Gasteiger partial charge in [-0.1, -0.05) is 85.7 Å². The summed E-state index contributed by atoms with van der Waals surface area (Å²) in [5.74, 6) is -0.213. The number of anilines is 1. The summed E-state index contributed by atoms with van der Waals surface area (Å²) in [6.45, 7) is 7.82. The van der Waals surface area contributed by atoms with Crippen LogP contribution in [0, 0.1) is 6.92 Å². The highest BCUT2D eigenvalue weighted by Gasteiger charge is 2.30. The van der Waals surface area contributed by atoms with Crippen molar-refractivity contribution < 1.29 is 27.6 Å². The average Bonchev–Trinajstić information content (AvgIpc) is 3.31. The minimum Gasteiger partial charge on any atom is -0.481 e. The number of aromatic nitrogens is 1. The molecule has 1 aromatic heterocycles. The molecule has 5 nitrogen and oxygen atoms in total. The molecular weight excluding hydrogens is 517 g/mol. The molecule has 8 heteroatoms. The number of rotatable bonds is 10. The molecule has 0 saturated carbocycles. The van der Waals surface area contributed by atoms with Crippen LogP contribution in [0.4, 0.5) is 18.9 Å². The number of aliphatic carboxylic acids is 1. The Labute approximate surface area is 233 Å². The first kappa shape index (κ1) is 30.5. The first-order valence-corrected chi connectivity index (χ1v) is 13.4. The van der Waals surface area contributed by atoms with Crippen molar-refractivity contribution in [3.8, 4) is 22.5 Å². The molecule has 4 aromatic rings. The lowest BCUT2D eigenvalue weighted by Gasteiger charge is -2.16. The van der Waals surface area contributed by atoms with Crippen molar-refractivity contribution in [3.63, 3.8) is 0 Å². The molecule has 40 heavy (non-hydrogen) atoms. The molecule has 0 radical (unpaired) electrons. The number of hydrogen-bond donors (Lipinski definition) is 2. The summed E-state index contributed by atoms with van der Waals surface area (Å²) in [7, 11) is 0. The SMILES string of the molecule is CC.Cc1noc(-c2ccc(-c3ccc(CCC(=O)O)cc3)cc2)c1NC(C)CCc1cccc(C(F)(F)F)c1. The zero-order valence-electron chi connectivity index (χ0n) is 23.2. The molecule has 0 bridgehead atoms. The summed E-state index contributed by atoms with van der Waals surface area (Å²) in [6, 6.07) is 21.1. The highest BCUT2D eigenvalue weighted by Crippen LogP contribution is 2.34. The predicted molar refractivity (Wildman–Crippen MR) is 152 cm³/mol. The average molecular weight is 553 g/mol. The highest BCUT2D eigenvalue weighted by atomic mass is 19.4. The lowest BCUT2D eigenvalue weighted by Crippen LogP contribution is -2.17. The van der Waals surface area contributed by atoms with Gasteiger partial charge in [0.25, 0.3) is 0 Å². The van der Waals surface area contributed by atoms with Crippen molar-refractivity contribution in [3.05, 3.63) is 95.2 Å². The Morgan fingerprint density at radius 1 is 0.925 bits per heavy atom. The van der Waals surface area contributed by atoms with Crippen molar-refractivity contribution in [2.75, 3.05) is 5.32 Å². The third-order valence-electron chi connectivity index (χ3n) is 6.44. The van der Waals surface area contributed by atoms with E-state index in [4.69, 9.17) is 9.63 Å². The summed E-state index contributed by atoms with van der Waals surface area (Å²) in [6.07, 6.45) is -2.62. The van der Waals surface area contributed by atoms with Crippen molar-refractivity contribution in [1.29, 1.82) is 0 Å². The van der Waals surface area contributed by atoms with E-state index in [9.17, 15) is 18.0 Å². The van der Waals surface area contributed by atoms with E-state index in [-0.39, 0.29) is 12.5 Å². The molecule has 0 aliphatic rings. The topological polar surface area (TPSA) is 75.4 Å². The molecule has 0 fully saturated rings. The van der Waals surface area contributed by atoms with E-state index in [1.54, 1.807) is 6.07 Å². The quantitative estimate of drug-likeness (QED) is 0.206. The third-order valence-corrected chi connectivity index (χ3v) is 6.44. The first-order valence-electron chi connectivity index (χ1n) is 13.4. The molecule has 0 saturated heterocycles. The van der Waals surface area contributed by atoms with Crippen molar-refractivity contribution >= 4 is 11.7 Å². The van der Waals surface area contributed by atoms with E-state index < -0.39 is 17.7 Å². The number of carboxylic acid groups (broad SMARTS) is 1. The van der Waals surface area contributed by atoms with Crippen LogP contribution in [0.15, 0.2) is 77.3 Å². The van der Waals surface area contributed by atoms with Crippen LogP contribution < -0.4 is 5.32 Å². The Morgan fingerprint density at radius 2 is 1.52 bits per heavy atom. The van der Waals surface area contributed by atoms with Crippen LogP contribution in [0.5, 0.6) is 0 Å². The second-order valence-electron chi connectivity index (χ2n) is 9.42. The standard InChI is InChI=1S/C30H29F3N2O3.C2H6/c1-19(6-7-22-4-3-5-26(18-22)30(31,32)33)34-28-20(2)35-38-29(28)25-15-13-24(14-16-25)23-11-8-21(9-12-23)10-17-27(36)37;1-2/h3-5,8-9,11-16,18-19,34H,6-7,10,17H2,1-2H3,(H,36,37);1-2H3. The Kier molecular flexibility index (Phi) is 10.5. The maximum Gasteiger partial charge on any atom is 0.416 e. The number of alkyl halides is 3. The van der Waals surface area contributed by atoms with Crippen LogP contribution in [-0.4, -0.2) is 22.3 Å². The van der Waals surface area contributed by atoms with Gasteiger partial charge in [0, 0.05) is 18.0 Å². The minimum absolute atomic E-state index is 0.0275. The Morgan fingerprint density at radius 3 is 2.12 bits per heavy atom. The first-order chi connectivity index (χ1) is 19.1. The summed E-state index contributed by atoms with van der Waals surface area (Å²) in [4.78, 5) is 10.8. The van der Waals surface area contributed by atoms with Crippen LogP contribution in [-0.2, 0) is 23.8 Å². The van der Waals surface area contributed by atoms with Gasteiger partial charge < -0.3 is 14.9 Å². The molecule has 1 unspecified atom stereocenters. The van der Waals surface area contributed by atoms with Crippen molar-refractivity contribution in [2.45, 2.75) is 65.6 Å². The molecule has 0 amide bonds. The molecule has 1 atom stereocenters. The number of halogens is 3. The van der Waals surface area contributed by atoms with Crippen LogP contribution in [0.1, 0.15) is 56.0 Å². The zero-order chi connectivity index (χ0) is 29.3. The van der Waals surface area contributed by atoms with E-state index >= 15 is 0 Å². The molecular formula is C32H35F3N2O3. The number of carboxylic acids is 1. The second kappa shape index (κ2) is 13.8. The number of nitrogens with one attached hydrogen (secondary N) is 1. The minimum atomic E-state index is -4.35. The van der Waals surface area contributed by atoms with E-state index in [2.05, 4.69) is 10.5 Å². The lowest BCUT2D eigenvalue weighted by molar-refractivity contribution is -0.138. The molecule has 0 spiro atoms. The van der Waals surface area contributed by atoms with Crippen LogP contribution >= 0.6 is 0 Å². The fourth-order valence-electron chi connectivity index (χ4n) is 4.27. The van der Waals surface area contributed by atoms with Gasteiger partial charge in [0.2, 0.25) is 0 Å². The second-order valence-corrected chi connectivity index (χ2v) is 9.42. The normalized spacial score (nSPS) is 11.9. The van der Waals surface area contributed by atoms with Gasteiger partial charge in [0.05, 0.1) is 5.56 Å². The summed E-state index contributed by atoms with van der Waals surface area (Å²) >= 11 is 0. The van der Waals surface area contributed by atoms with Gasteiger partial charge in [0.1, 0.15) is 11.4 Å². The Hall–Kier alpha value is -4.07. The van der Waals surface area contributed by atoms with Crippen molar-refractivity contribution in [2.24, 2.45) is 0 Å². The maximum atomic E-state index is 13.0. The summed E-state index contributed by atoms with van der Waals surface area (Å²) < 4.78 is 44.7.